The van der Waals surface area contributed by atoms with Crippen molar-refractivity contribution in [1.82, 2.24) is 4.98 Å². The summed E-state index contributed by atoms with van der Waals surface area (Å²) >= 11 is 0. The molecule has 0 aliphatic carbocycles. The van der Waals surface area contributed by atoms with Gasteiger partial charge in [0, 0.05) is 22.9 Å². The van der Waals surface area contributed by atoms with Gasteiger partial charge in [-0.3, -0.25) is 9.59 Å². The minimum Gasteiger partial charge on any atom is -0.496 e. The molecule has 3 aromatic rings. The lowest BCUT2D eigenvalue weighted by atomic mass is 9.82. The highest BCUT2D eigenvalue weighted by atomic mass is 19.1. The molecule has 1 aromatic heterocycles. The zero-order chi connectivity index (χ0) is 20.5. The summed E-state index contributed by atoms with van der Waals surface area (Å²) < 4.78 is 18.9. The van der Waals surface area contributed by atoms with Gasteiger partial charge in [0.25, 0.3) is 5.56 Å². The Labute approximate surface area is 163 Å². The second kappa shape index (κ2) is 7.43. The Bertz CT molecular complexity index is 1080. The van der Waals surface area contributed by atoms with Crippen molar-refractivity contribution in [2.45, 2.75) is 26.2 Å². The highest BCUT2D eigenvalue weighted by Crippen LogP contribution is 2.38. The molecule has 0 radical (unpaired) electrons. The van der Waals surface area contributed by atoms with E-state index in [4.69, 9.17) is 4.74 Å². The average molecular weight is 379 g/mol. The summed E-state index contributed by atoms with van der Waals surface area (Å²) in [5.41, 5.74) is 2.00. The molecule has 5 heteroatoms. The van der Waals surface area contributed by atoms with Crippen LogP contribution in [0, 0.1) is 5.82 Å². The molecule has 0 atom stereocenters. The third-order valence-corrected chi connectivity index (χ3v) is 4.58. The van der Waals surface area contributed by atoms with Crippen molar-refractivity contribution in [3.8, 4) is 16.9 Å². The van der Waals surface area contributed by atoms with Crippen molar-refractivity contribution in [1.29, 1.82) is 0 Å². The molecule has 144 valence electrons. The normalized spacial score (nSPS) is 11.3. The Hall–Kier alpha value is -3.21. The number of benzene rings is 2. The van der Waals surface area contributed by atoms with Crippen LogP contribution in [0.3, 0.4) is 0 Å². The van der Waals surface area contributed by atoms with Crippen LogP contribution in [-0.4, -0.2) is 17.9 Å². The molecule has 0 unspecified atom stereocenters. The molecular weight excluding hydrogens is 357 g/mol. The van der Waals surface area contributed by atoms with Crippen LogP contribution < -0.4 is 10.3 Å². The first kappa shape index (κ1) is 19.5. The van der Waals surface area contributed by atoms with Crippen molar-refractivity contribution in [2.75, 3.05) is 7.11 Å². The Kier molecular flexibility index (Phi) is 5.18. The lowest BCUT2D eigenvalue weighted by Gasteiger charge is -2.25. The number of nitrogens with one attached hydrogen (secondary N) is 1. The van der Waals surface area contributed by atoms with E-state index in [2.05, 4.69) is 4.98 Å². The molecular formula is C23H22FNO3. The maximum Gasteiger partial charge on any atom is 0.255 e. The maximum absolute atomic E-state index is 13.3. The van der Waals surface area contributed by atoms with Crippen LogP contribution in [0.25, 0.3) is 11.1 Å². The van der Waals surface area contributed by atoms with Gasteiger partial charge in [-0.1, -0.05) is 20.8 Å². The van der Waals surface area contributed by atoms with Crippen molar-refractivity contribution in [3.05, 3.63) is 87.6 Å². The second-order valence-electron chi connectivity index (χ2n) is 7.60. The Morgan fingerprint density at radius 1 is 1.07 bits per heavy atom. The Morgan fingerprint density at radius 2 is 1.75 bits per heavy atom. The average Bonchev–Trinajstić information content (AvgIpc) is 2.66. The number of ether oxygens (including phenoxy) is 1. The summed E-state index contributed by atoms with van der Waals surface area (Å²) in [6, 6.07) is 12.4. The number of halogens is 1. The molecule has 0 fully saturated rings. The Balaban J connectivity index is 2.29. The second-order valence-corrected chi connectivity index (χ2v) is 7.60. The fraction of sp³-hybridized carbons (Fsp3) is 0.217. The lowest BCUT2D eigenvalue weighted by Crippen LogP contribution is -2.17. The van der Waals surface area contributed by atoms with Crippen molar-refractivity contribution in [2.24, 2.45) is 0 Å². The topological polar surface area (TPSA) is 59.2 Å². The fourth-order valence-electron chi connectivity index (χ4n) is 3.14. The molecule has 1 heterocycles. The first-order valence-corrected chi connectivity index (χ1v) is 8.93. The largest absolute Gasteiger partial charge is 0.496 e. The summed E-state index contributed by atoms with van der Waals surface area (Å²) in [5.74, 6) is -0.252. The Morgan fingerprint density at radius 3 is 2.32 bits per heavy atom. The molecule has 0 saturated carbocycles. The quantitative estimate of drug-likeness (QED) is 0.668. The van der Waals surface area contributed by atoms with Gasteiger partial charge in [0.1, 0.15) is 11.6 Å². The summed E-state index contributed by atoms with van der Waals surface area (Å²) in [6.45, 7) is 6.03. The van der Waals surface area contributed by atoms with Crippen LogP contribution in [0.5, 0.6) is 5.75 Å². The fourth-order valence-corrected chi connectivity index (χ4v) is 3.14. The number of H-pyrrole nitrogens is 1. The summed E-state index contributed by atoms with van der Waals surface area (Å²) in [4.78, 5) is 28.2. The van der Waals surface area contributed by atoms with E-state index < -0.39 is 5.82 Å². The molecule has 0 aliphatic rings. The van der Waals surface area contributed by atoms with Gasteiger partial charge >= 0.3 is 0 Å². The smallest absolute Gasteiger partial charge is 0.255 e. The number of hydrogen-bond acceptors (Lipinski definition) is 3. The number of hydrogen-bond donors (Lipinski definition) is 1. The van der Waals surface area contributed by atoms with E-state index in [0.717, 1.165) is 5.56 Å². The predicted molar refractivity (Wildman–Crippen MR) is 108 cm³/mol. The number of ketones is 1. The van der Waals surface area contributed by atoms with Crippen LogP contribution in [0.2, 0.25) is 0 Å². The van der Waals surface area contributed by atoms with Crippen molar-refractivity contribution >= 4 is 5.78 Å². The predicted octanol–water partition coefficient (Wildman–Crippen LogP) is 4.72. The third-order valence-electron chi connectivity index (χ3n) is 4.58. The maximum atomic E-state index is 13.3. The van der Waals surface area contributed by atoms with Gasteiger partial charge in [-0.2, -0.15) is 0 Å². The number of aromatic amines is 1. The van der Waals surface area contributed by atoms with Gasteiger partial charge in [0.2, 0.25) is 0 Å². The van der Waals surface area contributed by atoms with E-state index >= 15 is 0 Å². The zero-order valence-electron chi connectivity index (χ0n) is 16.3. The van der Waals surface area contributed by atoms with E-state index in [1.54, 1.807) is 24.4 Å². The summed E-state index contributed by atoms with van der Waals surface area (Å²) in [7, 11) is 1.51. The first-order valence-electron chi connectivity index (χ1n) is 8.93. The number of rotatable bonds is 4. The summed E-state index contributed by atoms with van der Waals surface area (Å²) in [6.07, 6.45) is 1.56. The standard InChI is InChI=1S/C23H22FNO3/c1-23(2,3)19-13-15(17-6-5-11-25-22(17)27)12-18(21(19)28-4)20(26)14-7-9-16(24)10-8-14/h5-13H,1-4H3,(H,25,27). The van der Waals surface area contributed by atoms with Crippen LogP contribution in [0.1, 0.15) is 42.3 Å². The molecule has 28 heavy (non-hydrogen) atoms. The van der Waals surface area contributed by atoms with E-state index in [-0.39, 0.29) is 16.8 Å². The van der Waals surface area contributed by atoms with E-state index in [1.807, 2.05) is 26.8 Å². The van der Waals surface area contributed by atoms with Crippen LogP contribution in [-0.2, 0) is 5.41 Å². The minimum atomic E-state index is -0.413. The van der Waals surface area contributed by atoms with Crippen LogP contribution >= 0.6 is 0 Å². The van der Waals surface area contributed by atoms with Gasteiger partial charge in [-0.25, -0.2) is 4.39 Å². The number of carbonyl (C=O) groups is 1. The monoisotopic (exact) mass is 379 g/mol. The molecule has 3 rings (SSSR count). The molecule has 1 N–H and O–H groups in total. The minimum absolute atomic E-state index is 0.243. The molecule has 0 amide bonds. The number of methoxy groups -OCH3 is 1. The number of carbonyl (C=O) groups excluding carboxylic acids is 1. The lowest BCUT2D eigenvalue weighted by molar-refractivity contribution is 0.103. The van der Waals surface area contributed by atoms with E-state index in [9.17, 15) is 14.0 Å². The van der Waals surface area contributed by atoms with Gasteiger partial charge < -0.3 is 9.72 Å². The third kappa shape index (κ3) is 3.74. The highest BCUT2D eigenvalue weighted by molar-refractivity contribution is 6.11. The van der Waals surface area contributed by atoms with Crippen LogP contribution in [0.4, 0.5) is 4.39 Å². The van der Waals surface area contributed by atoms with Gasteiger partial charge in [-0.05, 0) is 59.5 Å². The van der Waals surface area contributed by atoms with Crippen molar-refractivity contribution < 1.29 is 13.9 Å². The SMILES string of the molecule is COc1c(C(=O)c2ccc(F)cc2)cc(-c2ccc[nH]c2=O)cc1C(C)(C)C. The molecule has 0 spiro atoms. The molecule has 0 saturated heterocycles. The zero-order valence-corrected chi connectivity index (χ0v) is 16.3. The number of pyridine rings is 1. The van der Waals surface area contributed by atoms with Gasteiger partial charge in [0.05, 0.1) is 12.7 Å². The van der Waals surface area contributed by atoms with Gasteiger partial charge in [-0.15, -0.1) is 0 Å². The number of aromatic nitrogens is 1. The summed E-state index contributed by atoms with van der Waals surface area (Å²) in [5, 5.41) is 0. The first-order chi connectivity index (χ1) is 13.2. The molecule has 0 aliphatic heterocycles. The van der Waals surface area contributed by atoms with E-state index in [1.165, 1.54) is 31.4 Å². The highest BCUT2D eigenvalue weighted by Gasteiger charge is 2.26. The van der Waals surface area contributed by atoms with Crippen molar-refractivity contribution in [3.63, 3.8) is 0 Å². The van der Waals surface area contributed by atoms with E-state index in [0.29, 0.717) is 28.0 Å². The van der Waals surface area contributed by atoms with Crippen LogP contribution in [0.15, 0.2) is 59.5 Å². The molecule has 4 nitrogen and oxygen atoms in total. The van der Waals surface area contributed by atoms with Gasteiger partial charge in [0.15, 0.2) is 5.78 Å². The molecule has 2 aromatic carbocycles. The molecule has 0 bridgehead atoms.